The maximum absolute atomic E-state index is 15.3. The quantitative estimate of drug-likeness (QED) is 0.295. The molecule has 4 rings (SSSR count). The maximum atomic E-state index is 15.3. The van der Waals surface area contributed by atoms with Crippen molar-refractivity contribution >= 4 is 62.2 Å². The summed E-state index contributed by atoms with van der Waals surface area (Å²) in [6.45, 7) is 13.7. The lowest BCUT2D eigenvalue weighted by Crippen LogP contribution is -2.45. The molecule has 1 fully saturated rings. The van der Waals surface area contributed by atoms with Crippen LogP contribution in [-0.4, -0.2) is 61.3 Å². The summed E-state index contributed by atoms with van der Waals surface area (Å²) in [5.74, 6) is 0.404. The van der Waals surface area contributed by atoms with Crippen LogP contribution in [0.2, 0.25) is 5.02 Å². The first-order chi connectivity index (χ1) is 18.8. The van der Waals surface area contributed by atoms with Crippen molar-refractivity contribution in [2.24, 2.45) is 0 Å². The van der Waals surface area contributed by atoms with Gasteiger partial charge < -0.3 is 20.4 Å². The molecule has 0 spiro atoms. The van der Waals surface area contributed by atoms with Gasteiger partial charge in [-0.2, -0.15) is 4.98 Å². The van der Waals surface area contributed by atoms with Gasteiger partial charge in [0.2, 0.25) is 16.0 Å². The number of hydrogen-bond acceptors (Lipinski definition) is 8. The lowest BCUT2D eigenvalue weighted by atomic mass is 10.1. The van der Waals surface area contributed by atoms with E-state index in [9.17, 15) is 8.42 Å². The summed E-state index contributed by atoms with van der Waals surface area (Å²) in [5, 5.41) is 6.55. The van der Waals surface area contributed by atoms with E-state index in [1.807, 2.05) is 17.9 Å². The molecule has 1 saturated heterocycles. The van der Waals surface area contributed by atoms with Gasteiger partial charge in [-0.15, -0.1) is 0 Å². The monoisotopic (exact) mass is 587 g/mol. The number of rotatable bonds is 8. The van der Waals surface area contributed by atoms with Gasteiger partial charge in [-0.3, -0.25) is 4.72 Å². The highest BCUT2D eigenvalue weighted by Crippen LogP contribution is 2.33. The van der Waals surface area contributed by atoms with Gasteiger partial charge in [-0.1, -0.05) is 24.3 Å². The lowest BCUT2D eigenvalue weighted by Gasteiger charge is -2.35. The topological polar surface area (TPSA) is 102 Å². The molecule has 3 N–H and O–H groups in total. The lowest BCUT2D eigenvalue weighted by molar-refractivity contribution is 0.311. The highest BCUT2D eigenvalue weighted by atomic mass is 35.5. The van der Waals surface area contributed by atoms with Gasteiger partial charge in [0.05, 0.1) is 21.1 Å². The van der Waals surface area contributed by atoms with Crippen molar-refractivity contribution in [3.8, 4) is 0 Å². The first kappa shape index (κ1) is 29.6. The number of hydrogen-bond donors (Lipinski definition) is 3. The third-order valence-corrected chi connectivity index (χ3v) is 9.07. The molecule has 214 valence electrons. The second-order valence-electron chi connectivity index (χ2n) is 10.8. The molecule has 3 aromatic rings. The van der Waals surface area contributed by atoms with E-state index in [2.05, 4.69) is 43.9 Å². The number of piperazine rings is 1. The van der Waals surface area contributed by atoms with Crippen LogP contribution in [0.5, 0.6) is 0 Å². The Morgan fingerprint density at radius 1 is 1.07 bits per heavy atom. The molecule has 0 atom stereocenters. The fourth-order valence-corrected chi connectivity index (χ4v) is 5.07. The van der Waals surface area contributed by atoms with Crippen LogP contribution in [0.1, 0.15) is 31.9 Å². The molecule has 1 aliphatic heterocycles. The van der Waals surface area contributed by atoms with Crippen molar-refractivity contribution in [3.63, 3.8) is 0 Å². The van der Waals surface area contributed by atoms with Gasteiger partial charge in [0.25, 0.3) is 0 Å². The van der Waals surface area contributed by atoms with Crippen LogP contribution in [0.4, 0.5) is 38.9 Å². The molecule has 1 aliphatic rings. The SMILES string of the molecule is C=Cc1cc(Nc2ncc(C)c(Nc3ccc(Cl)c(NS(=O)(=O)C(C)(C)C)c3)n2)cc(F)c1N1CCN(C)CC1. The second kappa shape index (κ2) is 11.6. The molecule has 0 bridgehead atoms. The molecular weight excluding hydrogens is 553 g/mol. The number of nitrogens with zero attached hydrogens (tertiary/aromatic N) is 4. The van der Waals surface area contributed by atoms with Gasteiger partial charge >= 0.3 is 0 Å². The summed E-state index contributed by atoms with van der Waals surface area (Å²) < 4.78 is 42.2. The van der Waals surface area contributed by atoms with Gasteiger partial charge in [0, 0.05) is 54.9 Å². The fourth-order valence-electron chi connectivity index (χ4n) is 4.09. The number of aromatic nitrogens is 2. The second-order valence-corrected chi connectivity index (χ2v) is 13.6. The normalized spacial score (nSPS) is 14.6. The summed E-state index contributed by atoms with van der Waals surface area (Å²) >= 11 is 6.27. The van der Waals surface area contributed by atoms with Crippen LogP contribution in [0.15, 0.2) is 43.1 Å². The highest BCUT2D eigenvalue weighted by Gasteiger charge is 2.29. The van der Waals surface area contributed by atoms with E-state index in [4.69, 9.17) is 11.6 Å². The first-order valence-electron chi connectivity index (χ1n) is 12.9. The molecule has 0 amide bonds. The van der Waals surface area contributed by atoms with Gasteiger partial charge in [-0.05, 0) is 65.1 Å². The van der Waals surface area contributed by atoms with E-state index in [1.54, 1.807) is 51.2 Å². The summed E-state index contributed by atoms with van der Waals surface area (Å²) in [7, 11) is -1.62. The largest absolute Gasteiger partial charge is 0.366 e. The van der Waals surface area contributed by atoms with Crippen molar-refractivity contribution < 1.29 is 12.8 Å². The van der Waals surface area contributed by atoms with E-state index in [0.29, 0.717) is 28.4 Å². The van der Waals surface area contributed by atoms with Crippen molar-refractivity contribution in [1.82, 2.24) is 14.9 Å². The number of aryl methyl sites for hydroxylation is 1. The number of nitrogens with one attached hydrogen (secondary N) is 3. The highest BCUT2D eigenvalue weighted by molar-refractivity contribution is 7.94. The molecule has 0 unspecified atom stereocenters. The summed E-state index contributed by atoms with van der Waals surface area (Å²) in [4.78, 5) is 13.2. The molecule has 0 radical (unpaired) electrons. The van der Waals surface area contributed by atoms with Crippen LogP contribution in [0, 0.1) is 12.7 Å². The van der Waals surface area contributed by atoms with Crippen molar-refractivity contribution in [2.75, 3.05) is 53.5 Å². The standard InChI is InChI=1S/C28H35ClFN7O2S/c1-7-19-14-21(15-23(30)25(19)37-12-10-36(6)11-13-37)33-27-31-17-18(2)26(34-27)32-20-8-9-22(29)24(16-20)35-40(38,39)28(3,4)5/h7-9,14-17,35H,1,10-13H2,2-6H3,(H2,31,32,33,34). The van der Waals surface area contributed by atoms with Crippen molar-refractivity contribution in [3.05, 3.63) is 65.1 Å². The molecule has 9 nitrogen and oxygen atoms in total. The Morgan fingerprint density at radius 3 is 2.42 bits per heavy atom. The molecule has 12 heteroatoms. The fraction of sp³-hybridized carbons (Fsp3) is 0.357. The number of halogens is 2. The Labute approximate surface area is 240 Å². The Hall–Kier alpha value is -3.41. The molecule has 40 heavy (non-hydrogen) atoms. The first-order valence-corrected chi connectivity index (χ1v) is 14.7. The molecule has 1 aromatic heterocycles. The smallest absolute Gasteiger partial charge is 0.237 e. The number of anilines is 6. The van der Waals surface area contributed by atoms with Crippen molar-refractivity contribution in [2.45, 2.75) is 32.4 Å². The molecular formula is C28H35ClFN7O2S. The van der Waals surface area contributed by atoms with E-state index in [-0.39, 0.29) is 22.5 Å². The maximum Gasteiger partial charge on any atom is 0.237 e. The Bertz CT molecular complexity index is 1520. The molecule has 0 saturated carbocycles. The third-order valence-electron chi connectivity index (χ3n) is 6.64. The van der Waals surface area contributed by atoms with E-state index in [1.165, 1.54) is 6.07 Å². The minimum absolute atomic E-state index is 0.250. The van der Waals surface area contributed by atoms with Gasteiger partial charge in [0.15, 0.2) is 0 Å². The van der Waals surface area contributed by atoms with Gasteiger partial charge in [0.1, 0.15) is 11.6 Å². The van der Waals surface area contributed by atoms with Crippen LogP contribution >= 0.6 is 11.6 Å². The predicted octanol–water partition coefficient (Wildman–Crippen LogP) is 6.00. The van der Waals surface area contributed by atoms with Crippen LogP contribution < -0.4 is 20.3 Å². The third kappa shape index (κ3) is 6.65. The zero-order valence-corrected chi connectivity index (χ0v) is 24.9. The Balaban J connectivity index is 1.56. The molecule has 2 heterocycles. The zero-order chi connectivity index (χ0) is 29.2. The molecule has 2 aromatic carbocycles. The van der Waals surface area contributed by atoms with E-state index >= 15 is 4.39 Å². The van der Waals surface area contributed by atoms with Crippen molar-refractivity contribution in [1.29, 1.82) is 0 Å². The Morgan fingerprint density at radius 2 is 1.77 bits per heavy atom. The zero-order valence-electron chi connectivity index (χ0n) is 23.3. The van der Waals surface area contributed by atoms with Gasteiger partial charge in [-0.25, -0.2) is 17.8 Å². The minimum Gasteiger partial charge on any atom is -0.366 e. The number of likely N-dealkylation sites (N-methyl/N-ethyl adjacent to an activating group) is 1. The van der Waals surface area contributed by atoms with E-state index in [0.717, 1.165) is 31.7 Å². The minimum atomic E-state index is -3.68. The van der Waals surface area contributed by atoms with Crippen LogP contribution in [0.3, 0.4) is 0 Å². The average molecular weight is 588 g/mol. The summed E-state index contributed by atoms with van der Waals surface area (Å²) in [5.41, 5.74) is 3.29. The predicted molar refractivity (Wildman–Crippen MR) is 163 cm³/mol. The average Bonchev–Trinajstić information content (AvgIpc) is 2.87. The summed E-state index contributed by atoms with van der Waals surface area (Å²) in [6.07, 6.45) is 3.29. The molecule has 0 aliphatic carbocycles. The Kier molecular flexibility index (Phi) is 8.57. The van der Waals surface area contributed by atoms with Crippen LogP contribution in [-0.2, 0) is 10.0 Å². The van der Waals surface area contributed by atoms with E-state index < -0.39 is 14.8 Å². The van der Waals surface area contributed by atoms with Crippen LogP contribution in [0.25, 0.3) is 6.08 Å². The number of benzene rings is 2. The summed E-state index contributed by atoms with van der Waals surface area (Å²) in [6, 6.07) is 8.18. The number of sulfonamides is 1.